The fraction of sp³-hybridized carbons (Fsp3) is 0.417. The Morgan fingerprint density at radius 1 is 1.29 bits per heavy atom. The van der Waals surface area contributed by atoms with Crippen molar-refractivity contribution in [1.82, 2.24) is 5.32 Å². The monoisotopic (exact) mass is 191 g/mol. The van der Waals surface area contributed by atoms with Gasteiger partial charge in [-0.25, -0.2) is 0 Å². The lowest BCUT2D eigenvalue weighted by Crippen LogP contribution is -2.39. The van der Waals surface area contributed by atoms with Crippen LogP contribution in [-0.2, 0) is 6.42 Å². The van der Waals surface area contributed by atoms with Crippen molar-refractivity contribution >= 4 is 5.91 Å². The van der Waals surface area contributed by atoms with Crippen LogP contribution in [0.5, 0.6) is 0 Å². The van der Waals surface area contributed by atoms with Gasteiger partial charge in [0.05, 0.1) is 0 Å². The molecule has 0 saturated heterocycles. The summed E-state index contributed by atoms with van der Waals surface area (Å²) in [4.78, 5) is 11.4. The molecule has 76 valence electrons. The van der Waals surface area contributed by atoms with Crippen molar-refractivity contribution in [2.75, 3.05) is 0 Å². The molecule has 1 aliphatic heterocycles. The van der Waals surface area contributed by atoms with Gasteiger partial charge in [0.15, 0.2) is 0 Å². The van der Waals surface area contributed by atoms with E-state index >= 15 is 0 Å². The molecule has 0 bridgehead atoms. The molecule has 1 amide bonds. The Bertz CT molecular complexity index is 320. The van der Waals surface area contributed by atoms with Gasteiger partial charge in [0, 0.05) is 11.6 Å². The molecular weight excluding hydrogens is 174 g/mol. The minimum absolute atomic E-state index is 0.0596. The van der Waals surface area contributed by atoms with Crippen LogP contribution < -0.4 is 5.32 Å². The maximum Gasteiger partial charge on any atom is 0.251 e. The van der Waals surface area contributed by atoms with Gasteiger partial charge in [-0.15, -0.1) is 0 Å². The van der Waals surface area contributed by atoms with Gasteiger partial charge < -0.3 is 5.32 Å². The molecule has 2 rings (SSSR count). The van der Waals surface area contributed by atoms with Crippen LogP contribution in [0.4, 0.5) is 0 Å². The standard InChI is InChI=1S/C10H11NO.C2H6/c1-7-6-8-4-2-3-5-9(8)10(12)11-7;1-2/h2-5,7H,6H2,1H3,(H,11,12);1-2H3. The zero-order valence-corrected chi connectivity index (χ0v) is 9.00. The molecule has 0 aliphatic carbocycles. The number of hydrogen-bond acceptors (Lipinski definition) is 1. The number of nitrogens with one attached hydrogen (secondary N) is 1. The molecule has 0 saturated carbocycles. The van der Waals surface area contributed by atoms with E-state index in [4.69, 9.17) is 0 Å². The van der Waals surface area contributed by atoms with Crippen molar-refractivity contribution in [2.24, 2.45) is 0 Å². The van der Waals surface area contributed by atoms with Crippen LogP contribution in [0.3, 0.4) is 0 Å². The van der Waals surface area contributed by atoms with Gasteiger partial charge in [-0.1, -0.05) is 32.0 Å². The summed E-state index contributed by atoms with van der Waals surface area (Å²) < 4.78 is 0. The van der Waals surface area contributed by atoms with Crippen LogP contribution in [0.2, 0.25) is 0 Å². The average Bonchev–Trinajstić information content (AvgIpc) is 2.20. The normalized spacial score (nSPS) is 18.8. The molecule has 1 aromatic rings. The molecule has 0 spiro atoms. The quantitative estimate of drug-likeness (QED) is 0.670. The number of amides is 1. The van der Waals surface area contributed by atoms with Crippen molar-refractivity contribution < 1.29 is 4.79 Å². The second kappa shape index (κ2) is 4.80. The number of rotatable bonds is 0. The van der Waals surface area contributed by atoms with Gasteiger partial charge in [-0.2, -0.15) is 0 Å². The summed E-state index contributed by atoms with van der Waals surface area (Å²) in [5, 5.41) is 2.90. The van der Waals surface area contributed by atoms with Crippen molar-refractivity contribution in [3.05, 3.63) is 35.4 Å². The molecule has 1 aromatic carbocycles. The number of fused-ring (bicyclic) bond motifs is 1. The Labute approximate surface area is 85.3 Å². The molecule has 1 unspecified atom stereocenters. The molecule has 2 heteroatoms. The van der Waals surface area contributed by atoms with Crippen LogP contribution >= 0.6 is 0 Å². The zero-order chi connectivity index (χ0) is 10.6. The fourth-order valence-corrected chi connectivity index (χ4v) is 1.60. The molecule has 1 atom stereocenters. The summed E-state index contributed by atoms with van der Waals surface area (Å²) in [6.45, 7) is 6.02. The SMILES string of the molecule is CC.CC1Cc2ccccc2C(=O)N1. The van der Waals surface area contributed by atoms with Gasteiger partial charge in [0.1, 0.15) is 0 Å². The van der Waals surface area contributed by atoms with Crippen LogP contribution in [0.1, 0.15) is 36.7 Å². The number of carbonyl (C=O) groups excluding carboxylic acids is 1. The number of hydrogen-bond donors (Lipinski definition) is 1. The second-order valence-electron chi connectivity index (χ2n) is 3.24. The molecule has 14 heavy (non-hydrogen) atoms. The third kappa shape index (κ3) is 2.13. The fourth-order valence-electron chi connectivity index (χ4n) is 1.60. The smallest absolute Gasteiger partial charge is 0.251 e. The third-order valence-corrected chi connectivity index (χ3v) is 2.17. The highest BCUT2D eigenvalue weighted by Gasteiger charge is 2.19. The molecule has 2 nitrogen and oxygen atoms in total. The predicted octanol–water partition coefficient (Wildman–Crippen LogP) is 2.39. The van der Waals surface area contributed by atoms with E-state index in [1.54, 1.807) is 0 Å². The third-order valence-electron chi connectivity index (χ3n) is 2.17. The highest BCUT2D eigenvalue weighted by molar-refractivity contribution is 5.96. The van der Waals surface area contributed by atoms with Gasteiger partial charge in [-0.3, -0.25) is 4.79 Å². The molecular formula is C12H17NO. The van der Waals surface area contributed by atoms with Crippen molar-refractivity contribution in [1.29, 1.82) is 0 Å². The first-order valence-corrected chi connectivity index (χ1v) is 5.16. The van der Waals surface area contributed by atoms with Gasteiger partial charge in [0.2, 0.25) is 0 Å². The van der Waals surface area contributed by atoms with E-state index in [1.165, 1.54) is 0 Å². The minimum Gasteiger partial charge on any atom is -0.349 e. The van der Waals surface area contributed by atoms with Crippen molar-refractivity contribution in [3.63, 3.8) is 0 Å². The van der Waals surface area contributed by atoms with E-state index in [9.17, 15) is 4.79 Å². The molecule has 1 N–H and O–H groups in total. The minimum atomic E-state index is 0.0596. The highest BCUT2D eigenvalue weighted by Crippen LogP contribution is 2.15. The van der Waals surface area contributed by atoms with E-state index in [-0.39, 0.29) is 11.9 Å². The lowest BCUT2D eigenvalue weighted by molar-refractivity contribution is 0.0929. The maximum atomic E-state index is 11.4. The van der Waals surface area contributed by atoms with E-state index in [2.05, 4.69) is 5.32 Å². The van der Waals surface area contributed by atoms with Gasteiger partial charge >= 0.3 is 0 Å². The summed E-state index contributed by atoms with van der Waals surface area (Å²) in [7, 11) is 0. The molecule has 0 aromatic heterocycles. The molecule has 0 fully saturated rings. The summed E-state index contributed by atoms with van der Waals surface area (Å²) in [6, 6.07) is 8.03. The summed E-state index contributed by atoms with van der Waals surface area (Å²) in [5.74, 6) is 0.0596. The van der Waals surface area contributed by atoms with E-state index in [0.717, 1.165) is 17.5 Å². The zero-order valence-electron chi connectivity index (χ0n) is 9.00. The summed E-state index contributed by atoms with van der Waals surface area (Å²) >= 11 is 0. The summed E-state index contributed by atoms with van der Waals surface area (Å²) in [6.07, 6.45) is 0.946. The lowest BCUT2D eigenvalue weighted by Gasteiger charge is -2.21. The van der Waals surface area contributed by atoms with Gasteiger partial charge in [-0.05, 0) is 25.0 Å². The van der Waals surface area contributed by atoms with E-state index in [1.807, 2.05) is 45.0 Å². The highest BCUT2D eigenvalue weighted by atomic mass is 16.1. The number of benzene rings is 1. The maximum absolute atomic E-state index is 11.4. The Kier molecular flexibility index (Phi) is 3.69. The average molecular weight is 191 g/mol. The first-order valence-electron chi connectivity index (χ1n) is 5.16. The Morgan fingerprint density at radius 2 is 1.93 bits per heavy atom. The van der Waals surface area contributed by atoms with Crippen LogP contribution in [0.25, 0.3) is 0 Å². The largest absolute Gasteiger partial charge is 0.349 e. The van der Waals surface area contributed by atoms with Crippen LogP contribution in [0.15, 0.2) is 24.3 Å². The number of carbonyl (C=O) groups is 1. The molecule has 0 radical (unpaired) electrons. The molecule has 1 heterocycles. The second-order valence-corrected chi connectivity index (χ2v) is 3.24. The van der Waals surface area contributed by atoms with Crippen molar-refractivity contribution in [2.45, 2.75) is 33.2 Å². The Morgan fingerprint density at radius 3 is 2.64 bits per heavy atom. The van der Waals surface area contributed by atoms with Crippen molar-refractivity contribution in [3.8, 4) is 0 Å². The summed E-state index contributed by atoms with van der Waals surface area (Å²) in [5.41, 5.74) is 1.99. The van der Waals surface area contributed by atoms with Crippen LogP contribution in [-0.4, -0.2) is 11.9 Å². The topological polar surface area (TPSA) is 29.1 Å². The van der Waals surface area contributed by atoms with E-state index in [0.29, 0.717) is 0 Å². The van der Waals surface area contributed by atoms with Crippen LogP contribution in [0, 0.1) is 0 Å². The predicted molar refractivity (Wildman–Crippen MR) is 58.4 cm³/mol. The Hall–Kier alpha value is -1.31. The first-order chi connectivity index (χ1) is 6.77. The lowest BCUT2D eigenvalue weighted by atomic mass is 9.96. The van der Waals surface area contributed by atoms with E-state index < -0.39 is 0 Å². The first kappa shape index (κ1) is 10.8. The van der Waals surface area contributed by atoms with Gasteiger partial charge in [0.25, 0.3) is 5.91 Å². The Balaban J connectivity index is 0.000000461. The molecule has 1 aliphatic rings.